The van der Waals surface area contributed by atoms with Crippen molar-refractivity contribution in [1.82, 2.24) is 0 Å². The lowest BCUT2D eigenvalue weighted by atomic mass is 10.2. The van der Waals surface area contributed by atoms with E-state index in [1.807, 2.05) is 5.38 Å². The molecule has 0 spiro atoms. The Kier molecular flexibility index (Phi) is 2.62. The maximum absolute atomic E-state index is 10.5. The first kappa shape index (κ1) is 8.23. The average Bonchev–Trinajstić information content (AvgIpc) is 2.40. The van der Waals surface area contributed by atoms with Crippen molar-refractivity contribution in [3.8, 4) is 0 Å². The number of rotatable bonds is 3. The molecule has 0 bridgehead atoms. The van der Waals surface area contributed by atoms with Gasteiger partial charge in [0.15, 0.2) is 6.10 Å². The number of aliphatic carboxylic acids is 1. The Morgan fingerprint density at radius 3 is 2.91 bits per heavy atom. The van der Waals surface area contributed by atoms with Gasteiger partial charge in [-0.25, -0.2) is 4.79 Å². The Bertz CT molecular complexity index is 230. The number of methoxy groups -OCH3 is 1. The summed E-state index contributed by atoms with van der Waals surface area (Å²) in [5, 5.41) is 12.2. The van der Waals surface area contributed by atoms with Crippen LogP contribution < -0.4 is 0 Å². The standard InChI is InChI=1S/C7H8O3S/c1-10-6(7(8)9)5-2-3-11-4-5/h2-4,6H,1H3,(H,8,9)/t6-/m0/s1. The van der Waals surface area contributed by atoms with Crippen molar-refractivity contribution in [2.75, 3.05) is 7.11 Å². The highest BCUT2D eigenvalue weighted by Gasteiger charge is 2.18. The average molecular weight is 172 g/mol. The summed E-state index contributed by atoms with van der Waals surface area (Å²) >= 11 is 1.46. The van der Waals surface area contributed by atoms with E-state index in [0.717, 1.165) is 0 Å². The van der Waals surface area contributed by atoms with Crippen molar-refractivity contribution in [3.05, 3.63) is 22.4 Å². The van der Waals surface area contributed by atoms with E-state index in [1.54, 1.807) is 11.4 Å². The van der Waals surface area contributed by atoms with Crippen molar-refractivity contribution < 1.29 is 14.6 Å². The summed E-state index contributed by atoms with van der Waals surface area (Å²) in [4.78, 5) is 10.5. The number of carboxylic acids is 1. The number of carbonyl (C=O) groups is 1. The molecule has 60 valence electrons. The molecule has 0 aliphatic carbocycles. The predicted octanol–water partition coefficient (Wildman–Crippen LogP) is 1.52. The first-order valence-corrected chi connectivity index (χ1v) is 3.97. The van der Waals surface area contributed by atoms with E-state index in [4.69, 9.17) is 9.84 Å². The van der Waals surface area contributed by atoms with Crippen LogP contribution in [0.25, 0.3) is 0 Å². The van der Waals surface area contributed by atoms with Gasteiger partial charge in [-0.3, -0.25) is 0 Å². The third kappa shape index (κ3) is 1.78. The molecular formula is C7H8O3S. The summed E-state index contributed by atoms with van der Waals surface area (Å²) in [7, 11) is 1.39. The maximum Gasteiger partial charge on any atom is 0.337 e. The number of thiophene rings is 1. The van der Waals surface area contributed by atoms with Crippen LogP contribution >= 0.6 is 11.3 Å². The number of hydrogen-bond acceptors (Lipinski definition) is 3. The molecule has 1 aromatic heterocycles. The van der Waals surface area contributed by atoms with Gasteiger partial charge in [0.2, 0.25) is 0 Å². The lowest BCUT2D eigenvalue weighted by Gasteiger charge is -2.06. The maximum atomic E-state index is 10.5. The largest absolute Gasteiger partial charge is 0.479 e. The van der Waals surface area contributed by atoms with Crippen molar-refractivity contribution in [3.63, 3.8) is 0 Å². The summed E-state index contributed by atoms with van der Waals surface area (Å²) in [6.45, 7) is 0. The Morgan fingerprint density at radius 1 is 1.82 bits per heavy atom. The van der Waals surface area contributed by atoms with E-state index in [1.165, 1.54) is 18.4 Å². The molecule has 3 nitrogen and oxygen atoms in total. The normalized spacial score (nSPS) is 12.8. The van der Waals surface area contributed by atoms with E-state index >= 15 is 0 Å². The van der Waals surface area contributed by atoms with Gasteiger partial charge in [0.25, 0.3) is 0 Å². The molecule has 1 atom stereocenters. The summed E-state index contributed by atoms with van der Waals surface area (Å²) < 4.78 is 4.76. The minimum atomic E-state index is -0.953. The minimum Gasteiger partial charge on any atom is -0.479 e. The molecule has 0 amide bonds. The third-order valence-corrected chi connectivity index (χ3v) is 2.01. The zero-order chi connectivity index (χ0) is 8.27. The van der Waals surface area contributed by atoms with E-state index in [-0.39, 0.29) is 0 Å². The first-order valence-electron chi connectivity index (χ1n) is 3.03. The van der Waals surface area contributed by atoms with Crippen molar-refractivity contribution in [1.29, 1.82) is 0 Å². The Balaban J connectivity index is 2.79. The fourth-order valence-electron chi connectivity index (χ4n) is 0.804. The molecule has 0 aliphatic heterocycles. The molecule has 0 radical (unpaired) electrons. The molecule has 1 heterocycles. The van der Waals surface area contributed by atoms with Crippen molar-refractivity contribution in [2.45, 2.75) is 6.10 Å². The van der Waals surface area contributed by atoms with Gasteiger partial charge in [0.1, 0.15) is 0 Å². The van der Waals surface area contributed by atoms with Crippen LogP contribution in [-0.4, -0.2) is 18.2 Å². The lowest BCUT2D eigenvalue weighted by Crippen LogP contribution is -2.12. The Morgan fingerprint density at radius 2 is 2.55 bits per heavy atom. The van der Waals surface area contributed by atoms with Crippen LogP contribution in [-0.2, 0) is 9.53 Å². The fraction of sp³-hybridized carbons (Fsp3) is 0.286. The molecule has 4 heteroatoms. The summed E-state index contributed by atoms with van der Waals surface area (Å²) in [5.74, 6) is -0.953. The molecule has 0 unspecified atom stereocenters. The van der Waals surface area contributed by atoms with Crippen LogP contribution in [0.3, 0.4) is 0 Å². The van der Waals surface area contributed by atoms with Crippen LogP contribution in [0.1, 0.15) is 11.7 Å². The Hall–Kier alpha value is -0.870. The number of ether oxygens (including phenoxy) is 1. The molecule has 0 aliphatic rings. The van der Waals surface area contributed by atoms with Gasteiger partial charge in [0, 0.05) is 12.7 Å². The number of hydrogen-bond donors (Lipinski definition) is 1. The third-order valence-electron chi connectivity index (χ3n) is 1.31. The second-order valence-electron chi connectivity index (χ2n) is 2.01. The quantitative estimate of drug-likeness (QED) is 0.751. The molecule has 0 saturated heterocycles. The highest BCUT2D eigenvalue weighted by atomic mass is 32.1. The molecule has 1 rings (SSSR count). The summed E-state index contributed by atoms with van der Waals surface area (Å²) in [6, 6.07) is 1.74. The molecule has 0 fully saturated rings. The van der Waals surface area contributed by atoms with Crippen LogP contribution in [0.4, 0.5) is 0 Å². The fourth-order valence-corrected chi connectivity index (χ4v) is 1.48. The highest BCUT2D eigenvalue weighted by Crippen LogP contribution is 2.19. The smallest absolute Gasteiger partial charge is 0.337 e. The second kappa shape index (κ2) is 3.50. The van der Waals surface area contributed by atoms with Crippen LogP contribution in [0, 0.1) is 0 Å². The number of carboxylic acid groups (broad SMARTS) is 1. The van der Waals surface area contributed by atoms with Gasteiger partial charge in [0.05, 0.1) is 0 Å². The zero-order valence-corrected chi connectivity index (χ0v) is 6.80. The van der Waals surface area contributed by atoms with Crippen LogP contribution in [0.15, 0.2) is 16.8 Å². The molecule has 0 aromatic carbocycles. The minimum absolute atomic E-state index is 0.699. The molecular weight excluding hydrogens is 164 g/mol. The lowest BCUT2D eigenvalue weighted by molar-refractivity contribution is -0.148. The SMILES string of the molecule is CO[C@H](C(=O)O)c1ccsc1. The van der Waals surface area contributed by atoms with Crippen LogP contribution in [0.5, 0.6) is 0 Å². The Labute approximate surface area is 68.2 Å². The van der Waals surface area contributed by atoms with Gasteiger partial charge in [-0.2, -0.15) is 11.3 Å². The van der Waals surface area contributed by atoms with Crippen molar-refractivity contribution in [2.24, 2.45) is 0 Å². The first-order chi connectivity index (χ1) is 5.25. The monoisotopic (exact) mass is 172 g/mol. The summed E-state index contributed by atoms with van der Waals surface area (Å²) in [6.07, 6.45) is -0.818. The molecule has 11 heavy (non-hydrogen) atoms. The van der Waals surface area contributed by atoms with Gasteiger partial charge < -0.3 is 9.84 Å². The zero-order valence-electron chi connectivity index (χ0n) is 5.98. The molecule has 0 saturated carbocycles. The predicted molar refractivity (Wildman–Crippen MR) is 41.7 cm³/mol. The summed E-state index contributed by atoms with van der Waals surface area (Å²) in [5.41, 5.74) is 0.699. The molecule has 1 aromatic rings. The van der Waals surface area contributed by atoms with E-state index in [0.29, 0.717) is 5.56 Å². The topological polar surface area (TPSA) is 46.5 Å². The van der Waals surface area contributed by atoms with E-state index in [9.17, 15) is 4.79 Å². The molecule has 1 N–H and O–H groups in total. The van der Waals surface area contributed by atoms with Crippen LogP contribution in [0.2, 0.25) is 0 Å². The van der Waals surface area contributed by atoms with Crippen molar-refractivity contribution >= 4 is 17.3 Å². The van der Waals surface area contributed by atoms with Gasteiger partial charge in [-0.05, 0) is 16.8 Å². The van der Waals surface area contributed by atoms with Gasteiger partial charge in [-0.15, -0.1) is 0 Å². The van der Waals surface area contributed by atoms with Gasteiger partial charge in [-0.1, -0.05) is 0 Å². The van der Waals surface area contributed by atoms with E-state index in [2.05, 4.69) is 0 Å². The second-order valence-corrected chi connectivity index (χ2v) is 2.79. The van der Waals surface area contributed by atoms with E-state index < -0.39 is 12.1 Å². The highest BCUT2D eigenvalue weighted by molar-refractivity contribution is 7.08. The van der Waals surface area contributed by atoms with Gasteiger partial charge >= 0.3 is 5.97 Å².